The molecule has 9 heteroatoms. The van der Waals surface area contributed by atoms with Crippen molar-refractivity contribution in [2.75, 3.05) is 59.7 Å². The summed E-state index contributed by atoms with van der Waals surface area (Å²) in [4.78, 5) is 10.00. The minimum atomic E-state index is -3.82. The molecule has 0 spiro atoms. The van der Waals surface area contributed by atoms with Gasteiger partial charge in [-0.05, 0) is 19.9 Å². The first-order valence-corrected chi connectivity index (χ1v) is 8.84. The molecular formula is C14H31N2O6S+. The van der Waals surface area contributed by atoms with Gasteiger partial charge in [-0.15, -0.1) is 0 Å². The third kappa shape index (κ3) is 29.6. The Bertz CT molecular complexity index is 443. The van der Waals surface area contributed by atoms with Crippen molar-refractivity contribution in [3.8, 4) is 0 Å². The Labute approximate surface area is 139 Å². The van der Waals surface area contributed by atoms with E-state index in [2.05, 4.69) is 11.9 Å². The van der Waals surface area contributed by atoms with Crippen LogP contribution in [0.3, 0.4) is 0 Å². The molecule has 0 rings (SSSR count). The summed E-state index contributed by atoms with van der Waals surface area (Å²) in [5.74, 6) is -0.954. The molecule has 0 atom stereocenters. The molecule has 0 aliphatic rings. The normalized spacial score (nSPS) is 11.5. The highest BCUT2D eigenvalue weighted by Crippen LogP contribution is 1.88. The van der Waals surface area contributed by atoms with E-state index in [1.807, 2.05) is 28.1 Å². The van der Waals surface area contributed by atoms with Crippen molar-refractivity contribution in [2.24, 2.45) is 0 Å². The lowest BCUT2D eigenvalue weighted by Crippen LogP contribution is -2.39. The molecule has 0 aromatic heterocycles. The number of aliphatic carboxylic acids is 1. The molecule has 23 heavy (non-hydrogen) atoms. The van der Waals surface area contributed by atoms with Crippen molar-refractivity contribution in [3.63, 3.8) is 0 Å². The summed E-state index contributed by atoms with van der Waals surface area (Å²) in [7, 11) is 1.71. The molecule has 0 bridgehead atoms. The largest absolute Gasteiger partial charge is 0.477 e. The van der Waals surface area contributed by atoms with Crippen LogP contribution in [-0.4, -0.2) is 88.3 Å². The molecule has 0 heterocycles. The molecule has 0 aliphatic heterocycles. The van der Waals surface area contributed by atoms with E-state index in [1.54, 1.807) is 0 Å². The zero-order chi connectivity index (χ0) is 18.5. The average molecular weight is 355 g/mol. The van der Waals surface area contributed by atoms with Gasteiger partial charge in [-0.1, -0.05) is 12.2 Å². The Hall–Kier alpha value is -1.00. The van der Waals surface area contributed by atoms with Crippen LogP contribution >= 0.6 is 0 Å². The van der Waals surface area contributed by atoms with E-state index in [1.165, 1.54) is 0 Å². The molecule has 138 valence electrons. The van der Waals surface area contributed by atoms with Crippen LogP contribution in [0.1, 0.15) is 13.3 Å². The maximum absolute atomic E-state index is 10.3. The number of likely N-dealkylation sites (N-methyl/N-ethyl adjacent to an activating group) is 1. The molecule has 0 unspecified atom stereocenters. The molecule has 3 N–H and O–H groups in total. The highest BCUT2D eigenvalue weighted by atomic mass is 32.2. The topological polar surface area (TPSA) is 113 Å². The van der Waals surface area contributed by atoms with E-state index in [4.69, 9.17) is 14.4 Å². The van der Waals surface area contributed by atoms with Gasteiger partial charge >= 0.3 is 5.97 Å². The van der Waals surface area contributed by atoms with Crippen LogP contribution in [0, 0.1) is 0 Å². The zero-order valence-corrected chi connectivity index (χ0v) is 15.4. The summed E-state index contributed by atoms with van der Waals surface area (Å²) in [6, 6.07) is 0. The van der Waals surface area contributed by atoms with Gasteiger partial charge in [0.2, 0.25) is 0 Å². The predicted molar refractivity (Wildman–Crippen MR) is 90.1 cm³/mol. The second-order valence-electron chi connectivity index (χ2n) is 6.24. The highest BCUT2D eigenvalue weighted by molar-refractivity contribution is 7.85. The first-order valence-electron chi connectivity index (χ1n) is 7.24. The first-order chi connectivity index (χ1) is 10.3. The standard InChI is InChI=1S/C9H19NO4S.C5H11NO2/c1-9(2)8-14-6-5-10-4-3-7-15(11,12)13;1-6(2,3)4-5(7)8/h10H,1,3-8H2,2H3,(H,11,12,13);4H2,1-3H3/p+1. The fourth-order valence-electron chi connectivity index (χ4n) is 1.30. The number of carboxylic acids is 1. The van der Waals surface area contributed by atoms with E-state index in [-0.39, 0.29) is 12.3 Å². The molecule has 0 saturated carbocycles. The Balaban J connectivity index is 0. The van der Waals surface area contributed by atoms with Crippen LogP contribution in [0.15, 0.2) is 12.2 Å². The number of hydrogen-bond acceptors (Lipinski definition) is 5. The number of hydrogen-bond donors (Lipinski definition) is 3. The Morgan fingerprint density at radius 2 is 1.83 bits per heavy atom. The number of quaternary nitrogens is 1. The summed E-state index contributed by atoms with van der Waals surface area (Å²) in [6.07, 6.45) is 0.402. The Morgan fingerprint density at radius 3 is 2.17 bits per heavy atom. The number of nitrogens with zero attached hydrogens (tertiary/aromatic N) is 1. The van der Waals surface area contributed by atoms with Crippen molar-refractivity contribution < 1.29 is 32.1 Å². The molecular weight excluding hydrogens is 324 g/mol. The fourth-order valence-corrected chi connectivity index (χ4v) is 1.81. The second-order valence-corrected chi connectivity index (χ2v) is 7.81. The maximum atomic E-state index is 10.3. The van der Waals surface area contributed by atoms with Crippen LogP contribution in [0.2, 0.25) is 0 Å². The molecule has 0 aromatic rings. The van der Waals surface area contributed by atoms with Crippen molar-refractivity contribution in [2.45, 2.75) is 13.3 Å². The van der Waals surface area contributed by atoms with Crippen molar-refractivity contribution in [1.82, 2.24) is 5.32 Å². The smallest absolute Gasteiger partial charge is 0.359 e. The van der Waals surface area contributed by atoms with E-state index in [0.29, 0.717) is 37.2 Å². The predicted octanol–water partition coefficient (Wildman–Crippen LogP) is 0.224. The monoisotopic (exact) mass is 355 g/mol. The molecule has 0 saturated heterocycles. The van der Waals surface area contributed by atoms with E-state index < -0.39 is 16.1 Å². The molecule has 0 fully saturated rings. The first kappa shape index (κ1) is 24.3. The fraction of sp³-hybridized carbons (Fsp3) is 0.786. The summed E-state index contributed by atoms with van der Waals surface area (Å²) in [6.45, 7) is 8.09. The van der Waals surface area contributed by atoms with Crippen molar-refractivity contribution in [3.05, 3.63) is 12.2 Å². The number of nitrogens with one attached hydrogen (secondary N) is 1. The van der Waals surface area contributed by atoms with Gasteiger partial charge in [-0.25, -0.2) is 4.79 Å². The third-order valence-corrected chi connectivity index (χ3v) is 2.94. The molecule has 8 nitrogen and oxygen atoms in total. The second kappa shape index (κ2) is 12.4. The number of ether oxygens (including phenoxy) is 1. The lowest BCUT2D eigenvalue weighted by atomic mass is 10.4. The minimum Gasteiger partial charge on any atom is -0.477 e. The summed E-state index contributed by atoms with van der Waals surface area (Å²) in [5, 5.41) is 11.2. The van der Waals surface area contributed by atoms with E-state index >= 15 is 0 Å². The quantitative estimate of drug-likeness (QED) is 0.210. The van der Waals surface area contributed by atoms with Gasteiger partial charge in [0, 0.05) is 6.54 Å². The SMILES string of the molecule is C=C(C)COCCNCCCS(=O)(=O)O.C[N+](C)(C)CC(=O)O. The highest BCUT2D eigenvalue weighted by Gasteiger charge is 2.11. The third-order valence-electron chi connectivity index (χ3n) is 2.14. The van der Waals surface area contributed by atoms with Gasteiger partial charge in [0.15, 0.2) is 6.54 Å². The van der Waals surface area contributed by atoms with E-state index in [9.17, 15) is 13.2 Å². The van der Waals surface area contributed by atoms with E-state index in [0.717, 1.165) is 5.57 Å². The van der Waals surface area contributed by atoms with Crippen LogP contribution in [0.25, 0.3) is 0 Å². The van der Waals surface area contributed by atoms with Gasteiger partial charge in [-0.2, -0.15) is 8.42 Å². The number of carbonyl (C=O) groups is 1. The van der Waals surface area contributed by atoms with Crippen molar-refractivity contribution in [1.29, 1.82) is 0 Å². The molecule has 0 radical (unpaired) electrons. The van der Waals surface area contributed by atoms with Crippen molar-refractivity contribution >= 4 is 16.1 Å². The van der Waals surface area contributed by atoms with Crippen LogP contribution in [0.4, 0.5) is 0 Å². The molecule has 0 aliphatic carbocycles. The lowest BCUT2D eigenvalue weighted by molar-refractivity contribution is -0.862. The summed E-state index contributed by atoms with van der Waals surface area (Å²) in [5.41, 5.74) is 0.973. The Morgan fingerprint density at radius 1 is 1.26 bits per heavy atom. The van der Waals surface area contributed by atoms with Crippen LogP contribution in [0.5, 0.6) is 0 Å². The summed E-state index contributed by atoms with van der Waals surface area (Å²) >= 11 is 0. The van der Waals surface area contributed by atoms with Gasteiger partial charge in [0.25, 0.3) is 10.1 Å². The van der Waals surface area contributed by atoms with Crippen LogP contribution in [-0.2, 0) is 19.6 Å². The average Bonchev–Trinajstić information content (AvgIpc) is 2.28. The Kier molecular flexibility index (Phi) is 13.1. The molecule has 0 aromatic carbocycles. The minimum absolute atomic E-state index is 0.181. The number of rotatable bonds is 11. The van der Waals surface area contributed by atoms with Gasteiger partial charge < -0.3 is 19.6 Å². The number of carboxylic acid groups (broad SMARTS) is 1. The molecule has 0 amide bonds. The summed E-state index contributed by atoms with van der Waals surface area (Å²) < 4.78 is 34.8. The maximum Gasteiger partial charge on any atom is 0.359 e. The van der Waals surface area contributed by atoms with Gasteiger partial charge in [0.05, 0.1) is 40.1 Å². The van der Waals surface area contributed by atoms with Gasteiger partial charge in [0.1, 0.15) is 0 Å². The zero-order valence-electron chi connectivity index (χ0n) is 14.5. The van der Waals surface area contributed by atoms with Crippen LogP contribution < -0.4 is 5.32 Å². The lowest BCUT2D eigenvalue weighted by Gasteiger charge is -2.20. The van der Waals surface area contributed by atoms with Gasteiger partial charge in [-0.3, -0.25) is 4.55 Å².